The van der Waals surface area contributed by atoms with Gasteiger partial charge in [0.25, 0.3) is 0 Å². The van der Waals surface area contributed by atoms with E-state index in [1.165, 1.54) is 5.56 Å². The lowest BCUT2D eigenvalue weighted by molar-refractivity contribution is -0.119. The lowest BCUT2D eigenvalue weighted by atomic mass is 10.1. The number of methoxy groups -OCH3 is 2. The van der Waals surface area contributed by atoms with Crippen LogP contribution in [-0.2, 0) is 17.8 Å². The van der Waals surface area contributed by atoms with Crippen LogP contribution in [0.25, 0.3) is 0 Å². The molecule has 0 saturated carbocycles. The van der Waals surface area contributed by atoms with Crippen LogP contribution in [0.2, 0.25) is 0 Å². The number of hydrogen-bond acceptors (Lipinski definition) is 4. The maximum atomic E-state index is 12.1. The number of carbonyl (C=O) groups is 1. The molecule has 2 rings (SSSR count). The van der Waals surface area contributed by atoms with Gasteiger partial charge in [0.15, 0.2) is 5.96 Å². The van der Waals surface area contributed by atoms with E-state index in [1.54, 1.807) is 14.2 Å². The largest absolute Gasteiger partial charge is 0.497 e. The minimum Gasteiger partial charge on any atom is -0.497 e. The Kier molecular flexibility index (Phi) is 12.4. The predicted octanol–water partition coefficient (Wildman–Crippen LogP) is 3.04. The molecular formula is C23H33IN4O3. The second kappa shape index (κ2) is 14.5. The Balaban J connectivity index is 0.00000480. The zero-order chi connectivity index (χ0) is 21.8. The van der Waals surface area contributed by atoms with E-state index in [-0.39, 0.29) is 36.4 Å². The first-order chi connectivity index (χ1) is 14.5. The topological polar surface area (TPSA) is 84.0 Å². The summed E-state index contributed by atoms with van der Waals surface area (Å²) in [4.78, 5) is 16.5. The van der Waals surface area contributed by atoms with Gasteiger partial charge in [-0.05, 0) is 49.6 Å². The third-order valence-corrected chi connectivity index (χ3v) is 4.50. The molecule has 0 radical (unpaired) electrons. The third-order valence-electron chi connectivity index (χ3n) is 4.50. The number of carbonyl (C=O) groups excluding carboxylic acids is 1. The number of aryl methyl sites for hydroxylation is 1. The molecule has 31 heavy (non-hydrogen) atoms. The molecule has 0 aliphatic carbocycles. The fourth-order valence-electron chi connectivity index (χ4n) is 2.91. The van der Waals surface area contributed by atoms with E-state index in [0.717, 1.165) is 29.0 Å². The van der Waals surface area contributed by atoms with Crippen LogP contribution in [0.3, 0.4) is 0 Å². The maximum absolute atomic E-state index is 12.1. The second-order valence-corrected chi connectivity index (χ2v) is 6.81. The molecule has 8 heteroatoms. The van der Waals surface area contributed by atoms with Crippen LogP contribution in [0.15, 0.2) is 47.5 Å². The van der Waals surface area contributed by atoms with Crippen LogP contribution in [0.5, 0.6) is 11.5 Å². The molecule has 2 aromatic carbocycles. The highest BCUT2D eigenvalue weighted by Gasteiger charge is 2.06. The molecule has 0 spiro atoms. The third kappa shape index (κ3) is 9.46. The van der Waals surface area contributed by atoms with Crippen molar-refractivity contribution < 1.29 is 14.3 Å². The van der Waals surface area contributed by atoms with Gasteiger partial charge >= 0.3 is 0 Å². The van der Waals surface area contributed by atoms with Gasteiger partial charge in [0, 0.05) is 19.6 Å². The van der Waals surface area contributed by atoms with Gasteiger partial charge in [-0.1, -0.05) is 29.8 Å². The molecule has 1 amide bonds. The normalized spacial score (nSPS) is 10.6. The van der Waals surface area contributed by atoms with E-state index in [4.69, 9.17) is 9.47 Å². The smallest absolute Gasteiger partial charge is 0.242 e. The summed E-state index contributed by atoms with van der Waals surface area (Å²) in [7, 11) is 3.31. The van der Waals surface area contributed by atoms with Crippen LogP contribution in [0.4, 0.5) is 0 Å². The van der Waals surface area contributed by atoms with Crippen molar-refractivity contribution in [2.45, 2.75) is 26.8 Å². The molecule has 0 atom stereocenters. The van der Waals surface area contributed by atoms with E-state index >= 15 is 0 Å². The molecular weight excluding hydrogens is 507 g/mol. The molecule has 0 aliphatic rings. The number of guanidine groups is 1. The highest BCUT2D eigenvalue weighted by atomic mass is 127. The first kappa shape index (κ1) is 26.5. The van der Waals surface area contributed by atoms with E-state index in [1.807, 2.05) is 43.3 Å². The Hall–Kier alpha value is -2.49. The number of benzene rings is 2. The summed E-state index contributed by atoms with van der Waals surface area (Å²) >= 11 is 0. The van der Waals surface area contributed by atoms with Crippen LogP contribution >= 0.6 is 24.0 Å². The van der Waals surface area contributed by atoms with E-state index in [0.29, 0.717) is 25.6 Å². The number of nitrogens with zero attached hydrogens (tertiary/aromatic N) is 1. The van der Waals surface area contributed by atoms with Gasteiger partial charge in [0.1, 0.15) is 18.0 Å². The van der Waals surface area contributed by atoms with Crippen molar-refractivity contribution in [2.75, 3.05) is 33.9 Å². The van der Waals surface area contributed by atoms with Crippen molar-refractivity contribution in [1.82, 2.24) is 16.0 Å². The van der Waals surface area contributed by atoms with Gasteiger partial charge < -0.3 is 25.4 Å². The Bertz CT molecular complexity index is 841. The van der Waals surface area contributed by atoms with E-state index in [2.05, 4.69) is 33.9 Å². The van der Waals surface area contributed by atoms with Crippen molar-refractivity contribution in [3.63, 3.8) is 0 Å². The van der Waals surface area contributed by atoms with Crippen molar-refractivity contribution in [3.05, 3.63) is 59.2 Å². The number of halogens is 1. The maximum Gasteiger partial charge on any atom is 0.242 e. The zero-order valence-corrected chi connectivity index (χ0v) is 21.0. The van der Waals surface area contributed by atoms with Crippen LogP contribution in [-0.4, -0.2) is 45.7 Å². The lowest BCUT2D eigenvalue weighted by Gasteiger charge is -2.13. The number of rotatable bonds is 10. The Labute approximate surface area is 202 Å². The van der Waals surface area contributed by atoms with E-state index < -0.39 is 0 Å². The summed E-state index contributed by atoms with van der Waals surface area (Å²) < 4.78 is 10.6. The summed E-state index contributed by atoms with van der Waals surface area (Å²) in [5.41, 5.74) is 3.34. The van der Waals surface area contributed by atoms with Gasteiger partial charge in [-0.25, -0.2) is 4.99 Å². The summed E-state index contributed by atoms with van der Waals surface area (Å²) in [5, 5.41) is 9.31. The minimum absolute atomic E-state index is 0. The standard InChI is InChI=1S/C23H32N4O3.HI/c1-5-24-23(25-13-12-19-14-17(2)6-11-21(19)30-4)27-16-22(28)26-15-18-7-9-20(29-3)10-8-18;/h6-11,14H,5,12-13,15-16H2,1-4H3,(H,26,28)(H2,24,25,27);1H. The van der Waals surface area contributed by atoms with Crippen molar-refractivity contribution in [1.29, 1.82) is 0 Å². The summed E-state index contributed by atoms with van der Waals surface area (Å²) in [6.07, 6.45) is 0.791. The van der Waals surface area contributed by atoms with Gasteiger partial charge in [-0.15, -0.1) is 24.0 Å². The number of ether oxygens (including phenoxy) is 2. The average Bonchev–Trinajstić information content (AvgIpc) is 2.76. The van der Waals surface area contributed by atoms with Gasteiger partial charge in [0.05, 0.1) is 14.2 Å². The van der Waals surface area contributed by atoms with Crippen molar-refractivity contribution in [3.8, 4) is 11.5 Å². The molecule has 0 fully saturated rings. The first-order valence-electron chi connectivity index (χ1n) is 10.1. The van der Waals surface area contributed by atoms with Gasteiger partial charge in [-0.2, -0.15) is 0 Å². The number of hydrogen-bond donors (Lipinski definition) is 3. The fraction of sp³-hybridized carbons (Fsp3) is 0.391. The molecule has 0 aliphatic heterocycles. The minimum atomic E-state index is -0.136. The molecule has 0 heterocycles. The monoisotopic (exact) mass is 540 g/mol. The Morgan fingerprint density at radius 1 is 1.00 bits per heavy atom. The van der Waals surface area contributed by atoms with Gasteiger partial charge in [0.2, 0.25) is 5.91 Å². The van der Waals surface area contributed by atoms with Crippen molar-refractivity contribution in [2.24, 2.45) is 4.99 Å². The molecule has 7 nitrogen and oxygen atoms in total. The highest BCUT2D eigenvalue weighted by Crippen LogP contribution is 2.19. The van der Waals surface area contributed by atoms with Crippen molar-refractivity contribution >= 4 is 35.8 Å². The van der Waals surface area contributed by atoms with E-state index in [9.17, 15) is 4.79 Å². The molecule has 0 saturated heterocycles. The number of aliphatic imine (C=N–C) groups is 1. The Morgan fingerprint density at radius 2 is 1.74 bits per heavy atom. The van der Waals surface area contributed by atoms with Crippen LogP contribution in [0, 0.1) is 6.92 Å². The average molecular weight is 540 g/mol. The molecule has 0 bridgehead atoms. The quantitative estimate of drug-likeness (QED) is 0.245. The molecule has 170 valence electrons. The van der Waals surface area contributed by atoms with Crippen LogP contribution < -0.4 is 25.4 Å². The molecule has 0 aromatic heterocycles. The van der Waals surface area contributed by atoms with Gasteiger partial charge in [-0.3, -0.25) is 4.79 Å². The number of amides is 1. The summed E-state index contributed by atoms with van der Waals surface area (Å²) in [6.45, 7) is 5.96. The van der Waals surface area contributed by atoms with Crippen LogP contribution in [0.1, 0.15) is 23.6 Å². The molecule has 3 N–H and O–H groups in total. The first-order valence-corrected chi connectivity index (χ1v) is 10.1. The highest BCUT2D eigenvalue weighted by molar-refractivity contribution is 14.0. The predicted molar refractivity (Wildman–Crippen MR) is 136 cm³/mol. The lowest BCUT2D eigenvalue weighted by Crippen LogP contribution is -2.39. The Morgan fingerprint density at radius 3 is 2.39 bits per heavy atom. The zero-order valence-electron chi connectivity index (χ0n) is 18.7. The SMILES string of the molecule is CCNC(=NCC(=O)NCc1ccc(OC)cc1)NCCc1cc(C)ccc1OC.I. The number of nitrogens with one attached hydrogen (secondary N) is 3. The summed E-state index contributed by atoms with van der Waals surface area (Å²) in [6, 6.07) is 13.7. The second-order valence-electron chi connectivity index (χ2n) is 6.81. The summed E-state index contributed by atoms with van der Waals surface area (Å²) in [5.74, 6) is 2.15. The molecule has 0 unspecified atom stereocenters. The molecule has 2 aromatic rings. The fourth-order valence-corrected chi connectivity index (χ4v) is 2.91.